The average molecular weight is 527 g/mol. The number of amides is 2. The fourth-order valence-electron chi connectivity index (χ4n) is 7.21. The van der Waals surface area contributed by atoms with Gasteiger partial charge in [-0.05, 0) is 84.5 Å². The van der Waals surface area contributed by atoms with Crippen LogP contribution in [-0.2, 0) is 15.0 Å². The third-order valence-corrected chi connectivity index (χ3v) is 9.07. The Morgan fingerprint density at radius 3 is 2.12 bits per heavy atom. The second kappa shape index (κ2) is 9.02. The van der Waals surface area contributed by atoms with Gasteiger partial charge >= 0.3 is 0 Å². The summed E-state index contributed by atoms with van der Waals surface area (Å²) >= 11 is 0. The number of aryl methyl sites for hydroxylation is 1. The molecule has 40 heavy (non-hydrogen) atoms. The first kappa shape index (κ1) is 24.5. The molecule has 0 aromatic heterocycles. The molecule has 1 saturated heterocycles. The van der Waals surface area contributed by atoms with Gasteiger partial charge in [0, 0.05) is 12.1 Å². The molecule has 2 atom stereocenters. The van der Waals surface area contributed by atoms with E-state index in [0.29, 0.717) is 18.0 Å². The topological polar surface area (TPSA) is 59.0 Å². The second-order valence-electron chi connectivity index (χ2n) is 10.9. The summed E-state index contributed by atoms with van der Waals surface area (Å²) in [5.74, 6) is -0.945. The van der Waals surface area contributed by atoms with E-state index in [0.717, 1.165) is 39.1 Å². The molecule has 3 aliphatic carbocycles. The van der Waals surface area contributed by atoms with Gasteiger partial charge in [0.15, 0.2) is 0 Å². The molecule has 1 aliphatic heterocycles. The van der Waals surface area contributed by atoms with Crippen molar-refractivity contribution in [2.75, 3.05) is 11.5 Å². The monoisotopic (exact) mass is 526 g/mol. The van der Waals surface area contributed by atoms with Gasteiger partial charge in [-0.15, -0.1) is 0 Å². The van der Waals surface area contributed by atoms with Crippen molar-refractivity contribution in [2.45, 2.75) is 32.1 Å². The molecule has 1 heterocycles. The molecule has 0 unspecified atom stereocenters. The maximum absolute atomic E-state index is 14.5. The van der Waals surface area contributed by atoms with Crippen molar-refractivity contribution in [3.63, 3.8) is 0 Å². The van der Waals surface area contributed by atoms with Crippen LogP contribution in [0.5, 0.6) is 5.75 Å². The van der Waals surface area contributed by atoms with Crippen LogP contribution in [0.1, 0.15) is 46.2 Å². The van der Waals surface area contributed by atoms with Gasteiger partial charge in [-0.1, -0.05) is 60.7 Å². The summed E-state index contributed by atoms with van der Waals surface area (Å²) in [6, 6.07) is 29.9. The predicted octanol–water partition coefficient (Wildman–Crippen LogP) is 6.66. The molecule has 4 aliphatic rings. The first-order chi connectivity index (χ1) is 19.5. The highest BCUT2D eigenvalue weighted by Crippen LogP contribution is 2.63. The van der Waals surface area contributed by atoms with E-state index in [9.17, 15) is 9.59 Å². The third-order valence-electron chi connectivity index (χ3n) is 9.07. The Labute approximate surface area is 234 Å². The molecule has 4 aromatic carbocycles. The van der Waals surface area contributed by atoms with E-state index in [4.69, 9.17) is 9.73 Å². The molecule has 0 saturated carbocycles. The quantitative estimate of drug-likeness (QED) is 0.216. The summed E-state index contributed by atoms with van der Waals surface area (Å²) in [5, 5.41) is 0. The Morgan fingerprint density at radius 1 is 0.825 bits per heavy atom. The van der Waals surface area contributed by atoms with Crippen molar-refractivity contribution >= 4 is 29.4 Å². The normalized spacial score (nSPS) is 24.3. The fraction of sp³-hybridized carbons (Fsp3) is 0.229. The Morgan fingerprint density at radius 2 is 1.48 bits per heavy atom. The largest absolute Gasteiger partial charge is 0.494 e. The van der Waals surface area contributed by atoms with Crippen molar-refractivity contribution in [1.29, 1.82) is 0 Å². The highest BCUT2D eigenvalue weighted by Gasteiger charge is 2.67. The molecular formula is C35H30N2O3. The number of imide groups is 1. The number of rotatable bonds is 5. The SMILES string of the molecule is CCOc1ccc(N2C(=O)[C@@H]3[C@@H](C2=O)C2c4ccccc4C3(C=Nc3cccc(C)c3C)c3ccccc32)cc1. The highest BCUT2D eigenvalue weighted by molar-refractivity contribution is 6.25. The van der Waals surface area contributed by atoms with Gasteiger partial charge in [-0.3, -0.25) is 14.6 Å². The fourth-order valence-corrected chi connectivity index (χ4v) is 7.21. The third kappa shape index (κ3) is 3.24. The van der Waals surface area contributed by atoms with Crippen molar-refractivity contribution in [3.05, 3.63) is 124 Å². The van der Waals surface area contributed by atoms with E-state index in [1.807, 2.05) is 61.7 Å². The van der Waals surface area contributed by atoms with Crippen LogP contribution in [-0.4, -0.2) is 24.6 Å². The van der Waals surface area contributed by atoms with Crippen LogP contribution in [0.25, 0.3) is 0 Å². The maximum atomic E-state index is 14.5. The standard InChI is InChI=1S/C35H30N2O3/c1-4-40-24-18-16-23(17-19-24)37-33(38)31-30-25-11-5-7-13-27(25)35(32(31)34(37)39,28-14-8-6-12-26(28)30)20-36-29-15-9-10-21(2)22(29)3/h5-20,30-32H,4H2,1-3H3/t30?,31-,32-,35?/m0/s1. The number of carbonyl (C=O) groups excluding carboxylic acids is 2. The number of hydrogen-bond donors (Lipinski definition) is 0. The van der Waals surface area contributed by atoms with Gasteiger partial charge in [-0.2, -0.15) is 0 Å². The van der Waals surface area contributed by atoms with Gasteiger partial charge < -0.3 is 4.74 Å². The summed E-state index contributed by atoms with van der Waals surface area (Å²) < 4.78 is 5.60. The number of benzene rings is 4. The number of aliphatic imine (C=N–C) groups is 1. The van der Waals surface area contributed by atoms with Crippen molar-refractivity contribution in [2.24, 2.45) is 16.8 Å². The molecule has 198 valence electrons. The second-order valence-corrected chi connectivity index (χ2v) is 10.9. The van der Waals surface area contributed by atoms with Gasteiger partial charge in [-0.25, -0.2) is 4.90 Å². The van der Waals surface area contributed by atoms with Crippen LogP contribution in [0.2, 0.25) is 0 Å². The van der Waals surface area contributed by atoms with E-state index in [2.05, 4.69) is 44.2 Å². The van der Waals surface area contributed by atoms with Crippen LogP contribution in [0.3, 0.4) is 0 Å². The highest BCUT2D eigenvalue weighted by atomic mass is 16.5. The molecule has 2 bridgehead atoms. The van der Waals surface area contributed by atoms with Crippen LogP contribution >= 0.6 is 0 Å². The number of carbonyl (C=O) groups is 2. The summed E-state index contributed by atoms with van der Waals surface area (Å²) in [6.45, 7) is 6.62. The number of hydrogen-bond acceptors (Lipinski definition) is 4. The Kier molecular flexibility index (Phi) is 5.53. The molecule has 0 radical (unpaired) electrons. The lowest BCUT2D eigenvalue weighted by Crippen LogP contribution is -2.54. The first-order valence-corrected chi connectivity index (χ1v) is 13.9. The molecule has 4 aromatic rings. The zero-order valence-corrected chi connectivity index (χ0v) is 22.8. The minimum Gasteiger partial charge on any atom is -0.494 e. The molecule has 2 amide bonds. The lowest BCUT2D eigenvalue weighted by molar-refractivity contribution is -0.122. The van der Waals surface area contributed by atoms with Crippen LogP contribution in [0.4, 0.5) is 11.4 Å². The summed E-state index contributed by atoms with van der Waals surface area (Å²) in [4.78, 5) is 35.3. The molecule has 1 fully saturated rings. The van der Waals surface area contributed by atoms with Gasteiger partial charge in [0.05, 0.1) is 35.2 Å². The number of nitrogens with zero attached hydrogens (tertiary/aromatic N) is 2. The summed E-state index contributed by atoms with van der Waals surface area (Å²) in [5.41, 5.74) is 7.14. The number of anilines is 1. The molecule has 5 heteroatoms. The molecule has 0 spiro atoms. The van der Waals surface area contributed by atoms with E-state index in [-0.39, 0.29) is 17.7 Å². The molecule has 8 rings (SSSR count). The summed E-state index contributed by atoms with van der Waals surface area (Å²) in [7, 11) is 0. The zero-order chi connectivity index (χ0) is 27.6. The number of ether oxygens (including phenoxy) is 1. The summed E-state index contributed by atoms with van der Waals surface area (Å²) in [6.07, 6.45) is 1.96. The van der Waals surface area contributed by atoms with Crippen LogP contribution < -0.4 is 9.64 Å². The molecule has 5 nitrogen and oxygen atoms in total. The van der Waals surface area contributed by atoms with Crippen molar-refractivity contribution in [3.8, 4) is 5.75 Å². The molecule has 0 N–H and O–H groups in total. The molecular weight excluding hydrogens is 496 g/mol. The van der Waals surface area contributed by atoms with E-state index in [1.165, 1.54) is 4.90 Å². The smallest absolute Gasteiger partial charge is 0.239 e. The minimum atomic E-state index is -0.879. The Hall–Kier alpha value is -4.51. The lowest BCUT2D eigenvalue weighted by Gasteiger charge is -2.52. The van der Waals surface area contributed by atoms with Crippen LogP contribution in [0, 0.1) is 25.7 Å². The zero-order valence-electron chi connectivity index (χ0n) is 22.8. The lowest BCUT2D eigenvalue weighted by atomic mass is 9.47. The van der Waals surface area contributed by atoms with E-state index < -0.39 is 17.3 Å². The maximum Gasteiger partial charge on any atom is 0.239 e. The Bertz CT molecular complexity index is 1660. The Balaban J connectivity index is 1.46. The van der Waals surface area contributed by atoms with Gasteiger partial charge in [0.25, 0.3) is 0 Å². The van der Waals surface area contributed by atoms with Crippen molar-refractivity contribution in [1.82, 2.24) is 0 Å². The van der Waals surface area contributed by atoms with E-state index >= 15 is 0 Å². The van der Waals surface area contributed by atoms with E-state index in [1.54, 1.807) is 12.1 Å². The van der Waals surface area contributed by atoms with Gasteiger partial charge in [0.2, 0.25) is 11.8 Å². The van der Waals surface area contributed by atoms with Crippen LogP contribution in [0.15, 0.2) is 96.0 Å². The van der Waals surface area contributed by atoms with Crippen molar-refractivity contribution < 1.29 is 14.3 Å². The average Bonchev–Trinajstić information content (AvgIpc) is 3.25. The first-order valence-electron chi connectivity index (χ1n) is 13.9. The minimum absolute atomic E-state index is 0.155. The predicted molar refractivity (Wildman–Crippen MR) is 157 cm³/mol. The van der Waals surface area contributed by atoms with Gasteiger partial charge in [0.1, 0.15) is 5.75 Å².